The minimum Gasteiger partial charge on any atom is -0.395 e. The highest BCUT2D eigenvalue weighted by atomic mass is 28.4. The van der Waals surface area contributed by atoms with E-state index in [1.165, 1.54) is 6.92 Å². The second-order valence-corrected chi connectivity index (χ2v) is 8.74. The minimum absolute atomic E-state index is 0.00500. The predicted octanol–water partition coefficient (Wildman–Crippen LogP) is -0.150. The molecule has 0 aromatic heterocycles. The summed E-state index contributed by atoms with van der Waals surface area (Å²) in [7, 11) is -3.01. The second kappa shape index (κ2) is 7.37. The fourth-order valence-corrected chi connectivity index (χ4v) is 6.54. The highest BCUT2D eigenvalue weighted by Crippen LogP contribution is 2.25. The number of aliphatic hydroxyl groups is 1. The maximum atomic E-state index is 11.8. The normalized spacial score (nSPS) is 39.0. The molecule has 8 heteroatoms. The van der Waals surface area contributed by atoms with Crippen molar-refractivity contribution in [2.45, 2.75) is 46.0 Å². The summed E-state index contributed by atoms with van der Waals surface area (Å²) in [5.41, 5.74) is 0. The van der Waals surface area contributed by atoms with Crippen LogP contribution in [0.2, 0.25) is 0 Å². The third kappa shape index (κ3) is 4.50. The maximum absolute atomic E-state index is 11.8. The topological polar surface area (TPSA) is 71.5 Å². The van der Waals surface area contributed by atoms with E-state index in [2.05, 4.69) is 4.90 Å². The second-order valence-electron chi connectivity index (χ2n) is 6.35. The molecule has 3 fully saturated rings. The zero-order valence-electron chi connectivity index (χ0n) is 13.9. The molecule has 0 spiro atoms. The number of carbonyl (C=O) groups excluding carboxylic acids is 1. The Hall–Kier alpha value is -0.513. The van der Waals surface area contributed by atoms with Crippen LogP contribution >= 0.6 is 0 Å². The van der Waals surface area contributed by atoms with Crippen LogP contribution in [0.1, 0.15) is 27.7 Å². The van der Waals surface area contributed by atoms with Gasteiger partial charge in [-0.15, -0.1) is 0 Å². The number of fused-ring (bicyclic) bond motifs is 6. The van der Waals surface area contributed by atoms with E-state index in [0.29, 0.717) is 6.17 Å². The van der Waals surface area contributed by atoms with Gasteiger partial charge in [-0.25, -0.2) is 0 Å². The molecule has 0 saturated carbocycles. The van der Waals surface area contributed by atoms with E-state index in [9.17, 15) is 9.90 Å². The van der Waals surface area contributed by atoms with Gasteiger partial charge in [0.25, 0.3) is 0 Å². The Morgan fingerprint density at radius 1 is 1.14 bits per heavy atom. The third-order valence-electron chi connectivity index (χ3n) is 3.89. The Balaban J connectivity index is 2.25. The van der Waals surface area contributed by atoms with Crippen LogP contribution < -0.4 is 0 Å². The summed E-state index contributed by atoms with van der Waals surface area (Å²) in [6, 6.07) is 0. The van der Waals surface area contributed by atoms with Crippen LogP contribution in [0.15, 0.2) is 0 Å². The van der Waals surface area contributed by atoms with E-state index < -0.39 is 8.80 Å². The van der Waals surface area contributed by atoms with Gasteiger partial charge in [-0.1, -0.05) is 0 Å². The van der Waals surface area contributed by atoms with E-state index in [1.807, 2.05) is 20.8 Å². The van der Waals surface area contributed by atoms with Crippen molar-refractivity contribution in [3.63, 3.8) is 0 Å². The van der Waals surface area contributed by atoms with Crippen molar-refractivity contribution in [1.82, 2.24) is 9.80 Å². The van der Waals surface area contributed by atoms with Crippen molar-refractivity contribution in [2.75, 3.05) is 39.0 Å². The van der Waals surface area contributed by atoms with Crippen molar-refractivity contribution < 1.29 is 23.2 Å². The van der Waals surface area contributed by atoms with Crippen molar-refractivity contribution in [3.05, 3.63) is 0 Å². The average Bonchev–Trinajstić information content (AvgIpc) is 2.33. The number of rotatable bonds is 4. The van der Waals surface area contributed by atoms with Gasteiger partial charge in [0.15, 0.2) is 0 Å². The first-order valence-electron chi connectivity index (χ1n) is 7.95. The first kappa shape index (κ1) is 17.8. The first-order valence-corrected chi connectivity index (χ1v) is 9.89. The highest BCUT2D eigenvalue weighted by Gasteiger charge is 2.50. The molecular formula is C14H28N2O5Si. The summed E-state index contributed by atoms with van der Waals surface area (Å²) >= 11 is 0. The van der Waals surface area contributed by atoms with E-state index in [4.69, 9.17) is 13.3 Å². The summed E-state index contributed by atoms with van der Waals surface area (Å²) in [6.45, 7) is 10.2. The van der Waals surface area contributed by atoms with E-state index in [0.717, 1.165) is 19.6 Å². The molecule has 0 radical (unpaired) electrons. The van der Waals surface area contributed by atoms with Crippen molar-refractivity contribution in [3.8, 4) is 0 Å². The molecule has 1 N–H and O–H groups in total. The third-order valence-corrected chi connectivity index (χ3v) is 6.94. The van der Waals surface area contributed by atoms with Gasteiger partial charge in [0.1, 0.15) is 0 Å². The Morgan fingerprint density at radius 2 is 1.59 bits per heavy atom. The molecule has 3 atom stereocenters. The monoisotopic (exact) mass is 332 g/mol. The van der Waals surface area contributed by atoms with Gasteiger partial charge in [-0.2, -0.15) is 0 Å². The van der Waals surface area contributed by atoms with Gasteiger partial charge < -0.3 is 23.3 Å². The molecule has 3 aliphatic rings. The molecule has 22 heavy (non-hydrogen) atoms. The zero-order chi connectivity index (χ0) is 16.3. The van der Waals surface area contributed by atoms with Crippen LogP contribution in [-0.4, -0.2) is 86.9 Å². The maximum Gasteiger partial charge on any atom is 0.522 e. The van der Waals surface area contributed by atoms with Crippen LogP contribution in [0, 0.1) is 0 Å². The Labute approximate surface area is 133 Å². The summed E-state index contributed by atoms with van der Waals surface area (Å²) in [5, 5.41) is 9.19. The Kier molecular flexibility index (Phi) is 5.98. The number of aliphatic hydroxyl groups excluding tert-OH is 1. The molecule has 3 unspecified atom stereocenters. The van der Waals surface area contributed by atoms with Crippen molar-refractivity contribution in [2.24, 2.45) is 0 Å². The fourth-order valence-electron chi connectivity index (χ4n) is 3.24. The van der Waals surface area contributed by atoms with Crippen LogP contribution in [0.4, 0.5) is 0 Å². The predicted molar refractivity (Wildman–Crippen MR) is 83.2 cm³/mol. The molecular weight excluding hydrogens is 304 g/mol. The summed E-state index contributed by atoms with van der Waals surface area (Å²) in [6.07, 6.45) is 0.279. The smallest absolute Gasteiger partial charge is 0.395 e. The molecule has 0 aromatic carbocycles. The lowest BCUT2D eigenvalue weighted by molar-refractivity contribution is -0.131. The summed E-state index contributed by atoms with van der Waals surface area (Å²) < 4.78 is 18.6. The van der Waals surface area contributed by atoms with E-state index >= 15 is 0 Å². The van der Waals surface area contributed by atoms with Gasteiger partial charge in [-0.3, -0.25) is 9.69 Å². The fraction of sp³-hybridized carbons (Fsp3) is 0.929. The molecule has 3 saturated heterocycles. The SMILES string of the molecule is CC(=O)N(CCO)C[Si]12OC(C)CN(CC(C)O1)CC(C)O2. The van der Waals surface area contributed by atoms with Gasteiger partial charge in [0.2, 0.25) is 5.91 Å². The van der Waals surface area contributed by atoms with Gasteiger partial charge in [-0.05, 0) is 20.8 Å². The standard InChI is InChI=1S/C14H28N2O5Si/c1-11-7-15-8-12(2)20-22(19-11,21-13(3)9-15)10-16(5-6-17)14(4)18/h11-13,17H,5-10H2,1-4H3. The van der Waals surface area contributed by atoms with Crippen LogP contribution in [0.25, 0.3) is 0 Å². The minimum atomic E-state index is -3.01. The number of carbonyl (C=O) groups is 1. The molecule has 3 rings (SSSR count). The van der Waals surface area contributed by atoms with Crippen molar-refractivity contribution in [1.29, 1.82) is 0 Å². The Bertz CT molecular complexity index is 361. The summed E-state index contributed by atoms with van der Waals surface area (Å²) in [5.74, 6) is -0.106. The van der Waals surface area contributed by atoms with Crippen LogP contribution in [0.3, 0.4) is 0 Å². The molecule has 2 bridgehead atoms. The largest absolute Gasteiger partial charge is 0.522 e. The quantitative estimate of drug-likeness (QED) is 0.722. The molecule has 1 amide bonds. The molecule has 128 valence electrons. The van der Waals surface area contributed by atoms with Crippen molar-refractivity contribution >= 4 is 14.7 Å². The average molecular weight is 332 g/mol. The molecule has 0 aliphatic carbocycles. The lowest BCUT2D eigenvalue weighted by Gasteiger charge is -2.46. The van der Waals surface area contributed by atoms with E-state index in [-0.39, 0.29) is 37.4 Å². The summed E-state index contributed by atoms with van der Waals surface area (Å²) in [4.78, 5) is 15.7. The van der Waals surface area contributed by atoms with Crippen LogP contribution in [-0.2, 0) is 18.1 Å². The molecule has 0 aromatic rings. The van der Waals surface area contributed by atoms with Crippen LogP contribution in [0.5, 0.6) is 0 Å². The van der Waals surface area contributed by atoms with Gasteiger partial charge in [0.05, 0.1) is 31.1 Å². The van der Waals surface area contributed by atoms with E-state index in [1.54, 1.807) is 4.90 Å². The lowest BCUT2D eigenvalue weighted by atomic mass is 10.2. The highest BCUT2D eigenvalue weighted by molar-refractivity contribution is 6.61. The molecule has 3 heterocycles. The number of hydrogen-bond donors (Lipinski definition) is 1. The van der Waals surface area contributed by atoms with Gasteiger partial charge >= 0.3 is 8.80 Å². The lowest BCUT2D eigenvalue weighted by Crippen LogP contribution is -2.66. The Morgan fingerprint density at radius 3 is 1.95 bits per heavy atom. The number of nitrogens with zero attached hydrogens (tertiary/aromatic N) is 2. The molecule has 7 nitrogen and oxygen atoms in total. The zero-order valence-corrected chi connectivity index (χ0v) is 14.9. The number of hydrogen-bond acceptors (Lipinski definition) is 6. The van der Waals surface area contributed by atoms with Gasteiger partial charge in [0, 0.05) is 33.1 Å². The molecule has 3 aliphatic heterocycles. The number of amides is 1. The first-order chi connectivity index (χ1) is 10.3.